The third kappa shape index (κ3) is 3.12. The molecule has 3 rings (SSSR count). The number of nitrogens with zero attached hydrogens (tertiary/aromatic N) is 1. The van der Waals surface area contributed by atoms with Crippen LogP contribution >= 0.6 is 23.7 Å². The molecular weight excluding hydrogens is 310 g/mol. The number of anilines is 1. The van der Waals surface area contributed by atoms with Gasteiger partial charge in [-0.3, -0.25) is 4.79 Å². The van der Waals surface area contributed by atoms with Gasteiger partial charge in [0.25, 0.3) is 0 Å². The van der Waals surface area contributed by atoms with Gasteiger partial charge in [0.05, 0.1) is 22.9 Å². The van der Waals surface area contributed by atoms with E-state index in [4.69, 9.17) is 10.5 Å². The monoisotopic (exact) mass is 327 g/mol. The first-order chi connectivity index (χ1) is 9.60. The Morgan fingerprint density at radius 2 is 2.14 bits per heavy atom. The molecule has 3 N–H and O–H groups in total. The number of hydrogen-bond acceptors (Lipinski definition) is 5. The normalized spacial score (nSPS) is 16.5. The minimum absolute atomic E-state index is 0. The van der Waals surface area contributed by atoms with Gasteiger partial charge < -0.3 is 15.8 Å². The summed E-state index contributed by atoms with van der Waals surface area (Å²) in [5.74, 6) is 0.658. The van der Waals surface area contributed by atoms with Crippen LogP contribution in [0.15, 0.2) is 18.2 Å². The van der Waals surface area contributed by atoms with E-state index in [1.807, 2.05) is 18.2 Å². The maximum atomic E-state index is 12.2. The van der Waals surface area contributed by atoms with Crippen LogP contribution in [0.3, 0.4) is 0 Å². The van der Waals surface area contributed by atoms with Gasteiger partial charge in [-0.2, -0.15) is 0 Å². The molecule has 1 saturated carbocycles. The molecule has 1 fully saturated rings. The first-order valence-electron chi connectivity index (χ1n) is 6.66. The molecule has 1 aliphatic carbocycles. The number of amides is 1. The average Bonchev–Trinajstić information content (AvgIpc) is 3.04. The van der Waals surface area contributed by atoms with Crippen molar-refractivity contribution in [3.8, 4) is 5.75 Å². The summed E-state index contributed by atoms with van der Waals surface area (Å²) in [7, 11) is 1.63. The van der Waals surface area contributed by atoms with Crippen molar-refractivity contribution in [2.45, 2.75) is 31.2 Å². The second-order valence-electron chi connectivity index (χ2n) is 5.17. The number of halogens is 1. The number of fused-ring (bicyclic) bond motifs is 1. The number of nitrogens with one attached hydrogen (secondary N) is 1. The smallest absolute Gasteiger partial charge is 0.246 e. The van der Waals surface area contributed by atoms with Crippen molar-refractivity contribution in [2.24, 2.45) is 5.73 Å². The van der Waals surface area contributed by atoms with Crippen LogP contribution in [0.4, 0.5) is 5.13 Å². The first kappa shape index (κ1) is 16.0. The number of methoxy groups -OCH3 is 1. The summed E-state index contributed by atoms with van der Waals surface area (Å²) in [6.45, 7) is 0. The number of thiazole rings is 1. The molecule has 114 valence electrons. The van der Waals surface area contributed by atoms with Crippen LogP contribution in [0.2, 0.25) is 0 Å². The summed E-state index contributed by atoms with van der Waals surface area (Å²) in [6, 6.07) is 5.65. The molecule has 2 aromatic rings. The minimum Gasteiger partial charge on any atom is -0.497 e. The zero-order valence-electron chi connectivity index (χ0n) is 11.7. The molecule has 5 nitrogen and oxygen atoms in total. The van der Waals surface area contributed by atoms with Gasteiger partial charge >= 0.3 is 0 Å². The van der Waals surface area contributed by atoms with Crippen LogP contribution in [0.5, 0.6) is 5.75 Å². The lowest BCUT2D eigenvalue weighted by atomic mass is 9.98. The van der Waals surface area contributed by atoms with Gasteiger partial charge in [0, 0.05) is 0 Å². The molecule has 1 aromatic heterocycles. The Bertz CT molecular complexity index is 653. The van der Waals surface area contributed by atoms with E-state index < -0.39 is 5.54 Å². The van der Waals surface area contributed by atoms with Gasteiger partial charge in [-0.15, -0.1) is 12.4 Å². The zero-order valence-corrected chi connectivity index (χ0v) is 13.4. The van der Waals surface area contributed by atoms with Gasteiger partial charge in [0.2, 0.25) is 5.91 Å². The summed E-state index contributed by atoms with van der Waals surface area (Å²) in [4.78, 5) is 16.6. The van der Waals surface area contributed by atoms with E-state index in [0.29, 0.717) is 5.13 Å². The van der Waals surface area contributed by atoms with Gasteiger partial charge in [0.15, 0.2) is 5.13 Å². The van der Waals surface area contributed by atoms with Crippen molar-refractivity contribution < 1.29 is 9.53 Å². The molecule has 1 heterocycles. The maximum Gasteiger partial charge on any atom is 0.246 e. The van der Waals surface area contributed by atoms with Crippen molar-refractivity contribution in [3.05, 3.63) is 18.2 Å². The van der Waals surface area contributed by atoms with Crippen LogP contribution in [0, 0.1) is 0 Å². The number of carbonyl (C=O) groups excluding carboxylic acids is 1. The Kier molecular flexibility index (Phi) is 4.70. The highest BCUT2D eigenvalue weighted by Gasteiger charge is 2.37. The number of benzene rings is 1. The van der Waals surface area contributed by atoms with Crippen LogP contribution in [0.25, 0.3) is 10.2 Å². The summed E-state index contributed by atoms with van der Waals surface area (Å²) in [6.07, 6.45) is 3.52. The van der Waals surface area contributed by atoms with Crippen LogP contribution in [-0.4, -0.2) is 23.5 Å². The molecule has 1 aliphatic rings. The summed E-state index contributed by atoms with van der Waals surface area (Å²) >= 11 is 1.43. The lowest BCUT2D eigenvalue weighted by Crippen LogP contribution is -2.48. The SMILES string of the molecule is COc1ccc2nc(NC(=O)C3(N)CCCC3)sc2c1.Cl. The molecule has 0 aliphatic heterocycles. The van der Waals surface area contributed by atoms with E-state index in [1.165, 1.54) is 11.3 Å². The van der Waals surface area contributed by atoms with E-state index in [2.05, 4.69) is 10.3 Å². The van der Waals surface area contributed by atoms with Gasteiger partial charge in [-0.05, 0) is 31.0 Å². The predicted octanol–water partition coefficient (Wildman–Crippen LogP) is 2.94. The molecule has 0 unspecified atom stereocenters. The van der Waals surface area contributed by atoms with E-state index in [9.17, 15) is 4.79 Å². The highest BCUT2D eigenvalue weighted by Crippen LogP contribution is 2.32. The second-order valence-corrected chi connectivity index (χ2v) is 6.20. The molecule has 0 bridgehead atoms. The quantitative estimate of drug-likeness (QED) is 0.908. The molecule has 0 spiro atoms. The van der Waals surface area contributed by atoms with E-state index >= 15 is 0 Å². The van der Waals surface area contributed by atoms with Crippen molar-refractivity contribution >= 4 is 45.0 Å². The van der Waals surface area contributed by atoms with Gasteiger partial charge in [-0.1, -0.05) is 24.2 Å². The topological polar surface area (TPSA) is 77.2 Å². The Labute approximate surface area is 133 Å². The van der Waals surface area contributed by atoms with Crippen molar-refractivity contribution in [1.82, 2.24) is 4.98 Å². The van der Waals surface area contributed by atoms with Crippen LogP contribution in [0.1, 0.15) is 25.7 Å². The highest BCUT2D eigenvalue weighted by molar-refractivity contribution is 7.22. The lowest BCUT2D eigenvalue weighted by Gasteiger charge is -2.21. The Balaban J connectivity index is 0.00000161. The Morgan fingerprint density at radius 3 is 2.81 bits per heavy atom. The van der Waals surface area contributed by atoms with Crippen molar-refractivity contribution in [1.29, 1.82) is 0 Å². The maximum absolute atomic E-state index is 12.2. The number of hydrogen-bond donors (Lipinski definition) is 2. The molecule has 7 heteroatoms. The third-order valence-corrected chi connectivity index (χ3v) is 4.70. The average molecular weight is 328 g/mol. The van der Waals surface area contributed by atoms with Crippen LogP contribution < -0.4 is 15.8 Å². The molecule has 0 saturated heterocycles. The summed E-state index contributed by atoms with van der Waals surface area (Å²) < 4.78 is 6.16. The second kappa shape index (κ2) is 6.17. The van der Waals surface area contributed by atoms with Crippen molar-refractivity contribution in [3.63, 3.8) is 0 Å². The van der Waals surface area contributed by atoms with Gasteiger partial charge in [-0.25, -0.2) is 4.98 Å². The fraction of sp³-hybridized carbons (Fsp3) is 0.429. The van der Waals surface area contributed by atoms with Crippen molar-refractivity contribution in [2.75, 3.05) is 12.4 Å². The molecule has 0 atom stereocenters. The molecular formula is C14H18ClN3O2S. The number of nitrogens with two attached hydrogens (primary N) is 1. The number of ether oxygens (including phenoxy) is 1. The largest absolute Gasteiger partial charge is 0.497 e. The molecule has 21 heavy (non-hydrogen) atoms. The fourth-order valence-electron chi connectivity index (χ4n) is 2.54. The minimum atomic E-state index is -0.727. The number of aromatic nitrogens is 1. The van der Waals surface area contributed by atoms with E-state index in [0.717, 1.165) is 41.6 Å². The lowest BCUT2D eigenvalue weighted by molar-refractivity contribution is -0.120. The van der Waals surface area contributed by atoms with Gasteiger partial charge in [0.1, 0.15) is 5.75 Å². The van der Waals surface area contributed by atoms with E-state index in [1.54, 1.807) is 7.11 Å². The third-order valence-electron chi connectivity index (χ3n) is 3.76. The standard InChI is InChI=1S/C14H17N3O2S.ClH/c1-19-9-4-5-10-11(8-9)20-13(16-10)17-12(18)14(15)6-2-3-7-14;/h4-5,8H,2-3,6-7,15H2,1H3,(H,16,17,18);1H. The molecule has 0 radical (unpaired) electrons. The zero-order chi connectivity index (χ0) is 14.2. The predicted molar refractivity (Wildman–Crippen MR) is 87.4 cm³/mol. The Hall–Kier alpha value is -1.37. The fourth-order valence-corrected chi connectivity index (χ4v) is 3.43. The van der Waals surface area contributed by atoms with E-state index in [-0.39, 0.29) is 18.3 Å². The molecule has 1 amide bonds. The van der Waals surface area contributed by atoms with Crippen LogP contribution in [-0.2, 0) is 4.79 Å². The number of rotatable bonds is 3. The number of carbonyl (C=O) groups is 1. The highest BCUT2D eigenvalue weighted by atomic mass is 35.5. The Morgan fingerprint density at radius 1 is 1.43 bits per heavy atom. The summed E-state index contributed by atoms with van der Waals surface area (Å²) in [5.41, 5.74) is 6.26. The first-order valence-corrected chi connectivity index (χ1v) is 7.47. The molecule has 1 aromatic carbocycles. The summed E-state index contributed by atoms with van der Waals surface area (Å²) in [5, 5.41) is 3.45.